The summed E-state index contributed by atoms with van der Waals surface area (Å²) in [4.78, 5) is 2.24. The minimum absolute atomic E-state index is 0.224. The Morgan fingerprint density at radius 3 is 2.39 bits per heavy atom. The molecule has 0 spiro atoms. The molecule has 1 unspecified atom stereocenters. The number of hydrogen-bond donors (Lipinski definition) is 0. The van der Waals surface area contributed by atoms with Gasteiger partial charge in [0.1, 0.15) is 6.04 Å². The molecule has 38 heavy (non-hydrogen) atoms. The van der Waals surface area contributed by atoms with Crippen LogP contribution in [0.2, 0.25) is 0 Å². The van der Waals surface area contributed by atoms with Gasteiger partial charge in [0.15, 0.2) is 23.0 Å². The third kappa shape index (κ3) is 4.35. The molecule has 0 saturated heterocycles. The Hall–Kier alpha value is -2.73. The van der Waals surface area contributed by atoms with E-state index in [1.807, 2.05) is 12.1 Å². The topological polar surface area (TPSA) is 40.2 Å². The van der Waals surface area contributed by atoms with Crippen LogP contribution in [0, 0.1) is 0 Å². The van der Waals surface area contributed by atoms with Crippen LogP contribution in [0.25, 0.3) is 11.3 Å². The van der Waals surface area contributed by atoms with Crippen LogP contribution in [-0.2, 0) is 12.8 Å². The van der Waals surface area contributed by atoms with Crippen LogP contribution < -0.4 is 18.9 Å². The Balaban J connectivity index is 1.56. The Morgan fingerprint density at radius 1 is 0.921 bits per heavy atom. The molecule has 3 aliphatic heterocycles. The number of benzene rings is 3. The summed E-state index contributed by atoms with van der Waals surface area (Å²) in [6.07, 6.45) is 3.54. The van der Waals surface area contributed by atoms with Gasteiger partial charge in [0, 0.05) is 23.4 Å². The molecule has 3 aromatic rings. The van der Waals surface area contributed by atoms with Crippen LogP contribution in [0.1, 0.15) is 46.7 Å². The Labute approximate surface area is 237 Å². The first-order valence-corrected chi connectivity index (χ1v) is 13.8. The molecule has 3 aromatic carbocycles. The standard InChI is InChI=1S/C30H28Cl3NO4/c1-35-23-12-11-20-21(10-6-9-18-7-4-3-5-8-18)27-22-16-25-24(37-17-38-25)15-19(22)13-14-34(27)29(30(31,32)33)26(20)28(23)36-2/h3-5,7-8,11-12,15-16,29H,6,9-10,13-14,17H2,1-2H3. The zero-order valence-electron chi connectivity index (χ0n) is 21.2. The first kappa shape index (κ1) is 25.5. The van der Waals surface area contributed by atoms with E-state index in [-0.39, 0.29) is 6.79 Å². The fourth-order valence-corrected chi connectivity index (χ4v) is 6.67. The van der Waals surface area contributed by atoms with Gasteiger partial charge < -0.3 is 23.8 Å². The van der Waals surface area contributed by atoms with Gasteiger partial charge >= 0.3 is 0 Å². The van der Waals surface area contributed by atoms with Crippen LogP contribution >= 0.6 is 34.8 Å². The van der Waals surface area contributed by atoms with E-state index in [0.29, 0.717) is 18.0 Å². The summed E-state index contributed by atoms with van der Waals surface area (Å²) in [7, 11) is 3.26. The molecule has 0 aliphatic carbocycles. The molecule has 0 saturated carbocycles. The van der Waals surface area contributed by atoms with Crippen LogP contribution in [0.3, 0.4) is 0 Å². The fraction of sp³-hybridized carbons (Fsp3) is 0.333. The zero-order valence-corrected chi connectivity index (χ0v) is 23.5. The second-order valence-electron chi connectivity index (χ2n) is 9.68. The molecular weight excluding hydrogens is 545 g/mol. The first-order valence-electron chi connectivity index (χ1n) is 12.7. The smallest absolute Gasteiger partial charge is 0.231 e. The van der Waals surface area contributed by atoms with Gasteiger partial charge in [-0.05, 0) is 66.1 Å². The normalized spacial score (nSPS) is 17.6. The van der Waals surface area contributed by atoms with Crippen molar-refractivity contribution >= 4 is 46.1 Å². The van der Waals surface area contributed by atoms with Crippen molar-refractivity contribution in [2.24, 2.45) is 0 Å². The third-order valence-electron chi connectivity index (χ3n) is 7.59. The average molecular weight is 573 g/mol. The number of rotatable bonds is 6. The van der Waals surface area contributed by atoms with Crippen molar-refractivity contribution in [1.82, 2.24) is 4.90 Å². The van der Waals surface area contributed by atoms with Crippen LogP contribution in [0.4, 0.5) is 0 Å². The lowest BCUT2D eigenvalue weighted by molar-refractivity contribution is 0.174. The molecule has 0 fully saturated rings. The number of fused-ring (bicyclic) bond motifs is 5. The van der Waals surface area contributed by atoms with E-state index in [4.69, 9.17) is 53.8 Å². The fourth-order valence-electron chi connectivity index (χ4n) is 5.99. The van der Waals surface area contributed by atoms with Gasteiger partial charge in [0.25, 0.3) is 0 Å². The van der Waals surface area contributed by atoms with Crippen molar-refractivity contribution < 1.29 is 18.9 Å². The van der Waals surface area contributed by atoms with Crippen LogP contribution in [-0.4, -0.2) is 36.2 Å². The lowest BCUT2D eigenvalue weighted by atomic mass is 9.80. The zero-order chi connectivity index (χ0) is 26.4. The molecule has 1 atom stereocenters. The number of methoxy groups -OCH3 is 2. The summed E-state index contributed by atoms with van der Waals surface area (Å²) in [6.45, 7) is 0.907. The maximum absolute atomic E-state index is 6.76. The SMILES string of the molecule is COc1ccc2c(c1OC)C(C(Cl)(Cl)Cl)N1CCc3cc4c(cc3C1=C2CCCc1ccccc1)OCO4. The minimum atomic E-state index is -1.62. The summed E-state index contributed by atoms with van der Waals surface area (Å²) in [5.74, 6) is 2.73. The Kier molecular flexibility index (Phi) is 6.79. The van der Waals surface area contributed by atoms with Gasteiger partial charge in [0.05, 0.1) is 14.2 Å². The Bertz CT molecular complexity index is 1400. The molecular formula is C30H28Cl3NO4. The maximum atomic E-state index is 6.76. The predicted octanol–water partition coefficient (Wildman–Crippen LogP) is 7.61. The summed E-state index contributed by atoms with van der Waals surface area (Å²) in [5, 5.41) is 0. The second-order valence-corrected chi connectivity index (χ2v) is 12.0. The maximum Gasteiger partial charge on any atom is 0.231 e. The quantitative estimate of drug-likeness (QED) is 0.284. The van der Waals surface area contributed by atoms with Crippen molar-refractivity contribution in [2.75, 3.05) is 27.6 Å². The van der Waals surface area contributed by atoms with E-state index in [2.05, 4.69) is 47.4 Å². The molecule has 0 radical (unpaired) electrons. The van der Waals surface area contributed by atoms with Gasteiger partial charge in [0.2, 0.25) is 10.6 Å². The van der Waals surface area contributed by atoms with Crippen molar-refractivity contribution in [1.29, 1.82) is 0 Å². The van der Waals surface area contributed by atoms with E-state index in [1.165, 1.54) is 16.7 Å². The van der Waals surface area contributed by atoms with Gasteiger partial charge in [-0.15, -0.1) is 0 Å². The summed E-state index contributed by atoms with van der Waals surface area (Å²) >= 11 is 20.3. The number of ether oxygens (including phenoxy) is 4. The van der Waals surface area contributed by atoms with Gasteiger partial charge in [-0.3, -0.25) is 0 Å². The lowest BCUT2D eigenvalue weighted by Crippen LogP contribution is -2.42. The molecule has 6 rings (SSSR count). The molecule has 0 N–H and O–H groups in total. The number of alkyl halides is 3. The van der Waals surface area contributed by atoms with Crippen molar-refractivity contribution in [3.8, 4) is 23.0 Å². The van der Waals surface area contributed by atoms with E-state index in [1.54, 1.807) is 14.2 Å². The van der Waals surface area contributed by atoms with Crippen molar-refractivity contribution in [3.63, 3.8) is 0 Å². The number of hydrogen-bond acceptors (Lipinski definition) is 5. The molecule has 8 heteroatoms. The summed E-state index contributed by atoms with van der Waals surface area (Å²) in [6, 6.07) is 18.2. The largest absolute Gasteiger partial charge is 0.493 e. The van der Waals surface area contributed by atoms with Gasteiger partial charge in [-0.2, -0.15) is 0 Å². The highest BCUT2D eigenvalue weighted by atomic mass is 35.6. The van der Waals surface area contributed by atoms with Crippen LogP contribution in [0.5, 0.6) is 23.0 Å². The van der Waals surface area contributed by atoms with E-state index in [0.717, 1.165) is 59.6 Å². The van der Waals surface area contributed by atoms with E-state index < -0.39 is 9.83 Å². The Morgan fingerprint density at radius 2 is 1.68 bits per heavy atom. The number of halogens is 3. The van der Waals surface area contributed by atoms with Gasteiger partial charge in [-0.25, -0.2) is 0 Å². The molecule has 0 amide bonds. The second kappa shape index (κ2) is 10.1. The molecule has 198 valence electrons. The van der Waals surface area contributed by atoms with Gasteiger partial charge in [-0.1, -0.05) is 71.2 Å². The highest BCUT2D eigenvalue weighted by molar-refractivity contribution is 6.68. The molecule has 5 nitrogen and oxygen atoms in total. The van der Waals surface area contributed by atoms with Crippen molar-refractivity contribution in [3.05, 3.63) is 82.4 Å². The summed E-state index contributed by atoms with van der Waals surface area (Å²) < 4.78 is 21.4. The predicted molar refractivity (Wildman–Crippen MR) is 152 cm³/mol. The number of aryl methyl sites for hydroxylation is 1. The number of nitrogens with zero attached hydrogens (tertiary/aromatic N) is 1. The molecule has 3 aliphatic rings. The van der Waals surface area contributed by atoms with E-state index in [9.17, 15) is 0 Å². The van der Waals surface area contributed by atoms with E-state index >= 15 is 0 Å². The first-order chi connectivity index (χ1) is 18.4. The third-order valence-corrected chi connectivity index (χ3v) is 8.21. The minimum Gasteiger partial charge on any atom is -0.493 e. The average Bonchev–Trinajstić information content (AvgIpc) is 3.37. The summed E-state index contributed by atoms with van der Waals surface area (Å²) in [5.41, 5.74) is 7.74. The molecule has 0 bridgehead atoms. The lowest BCUT2D eigenvalue weighted by Gasteiger charge is -2.47. The number of allylic oxidation sites excluding steroid dienone is 1. The highest BCUT2D eigenvalue weighted by Crippen LogP contribution is 2.59. The van der Waals surface area contributed by atoms with Crippen molar-refractivity contribution in [2.45, 2.75) is 35.5 Å². The molecule has 0 aromatic heterocycles. The van der Waals surface area contributed by atoms with Crippen LogP contribution in [0.15, 0.2) is 54.6 Å². The monoisotopic (exact) mass is 571 g/mol. The molecule has 3 heterocycles. The highest BCUT2D eigenvalue weighted by Gasteiger charge is 2.48.